The van der Waals surface area contributed by atoms with Gasteiger partial charge < -0.3 is 14.6 Å². The zero-order valence-corrected chi connectivity index (χ0v) is 12.3. The van der Waals surface area contributed by atoms with Crippen molar-refractivity contribution in [2.75, 3.05) is 32.7 Å². The van der Waals surface area contributed by atoms with Gasteiger partial charge in [-0.25, -0.2) is 0 Å². The third-order valence-electron chi connectivity index (χ3n) is 4.06. The highest BCUT2D eigenvalue weighted by atomic mass is 16.3. The number of piperazine rings is 1. The minimum absolute atomic E-state index is 0.0170. The fraction of sp³-hybridized carbons (Fsp3) is 0.600. The molecule has 1 aromatic heterocycles. The van der Waals surface area contributed by atoms with Crippen LogP contribution in [-0.2, 0) is 4.79 Å². The molecule has 1 aliphatic carbocycles. The normalized spacial score (nSPS) is 19.6. The van der Waals surface area contributed by atoms with Crippen molar-refractivity contribution in [1.82, 2.24) is 15.1 Å². The number of carbonyl (C=O) groups is 2. The molecule has 114 valence electrons. The molecule has 0 bridgehead atoms. The van der Waals surface area contributed by atoms with Crippen LogP contribution in [0.2, 0.25) is 0 Å². The molecule has 6 nitrogen and oxygen atoms in total. The Balaban J connectivity index is 1.47. The molecular weight excluding hydrogens is 270 g/mol. The van der Waals surface area contributed by atoms with E-state index in [9.17, 15) is 9.59 Å². The van der Waals surface area contributed by atoms with Crippen molar-refractivity contribution in [3.63, 3.8) is 0 Å². The lowest BCUT2D eigenvalue weighted by Crippen LogP contribution is -2.51. The van der Waals surface area contributed by atoms with Crippen LogP contribution in [0.3, 0.4) is 0 Å². The van der Waals surface area contributed by atoms with Crippen molar-refractivity contribution in [2.45, 2.75) is 25.8 Å². The molecular formula is C15H21N3O3. The van der Waals surface area contributed by atoms with Crippen LogP contribution in [0.4, 0.5) is 0 Å². The zero-order chi connectivity index (χ0) is 14.8. The molecule has 1 aliphatic heterocycles. The van der Waals surface area contributed by atoms with Gasteiger partial charge in [0.2, 0.25) is 5.91 Å². The number of amides is 2. The Hall–Kier alpha value is -1.82. The van der Waals surface area contributed by atoms with Gasteiger partial charge in [0.1, 0.15) is 5.76 Å². The second-order valence-corrected chi connectivity index (χ2v) is 5.80. The number of aryl methyl sites for hydroxylation is 1. The highest BCUT2D eigenvalue weighted by Crippen LogP contribution is 2.18. The molecule has 0 spiro atoms. The first kappa shape index (κ1) is 14.1. The van der Waals surface area contributed by atoms with Crippen molar-refractivity contribution in [3.05, 3.63) is 23.7 Å². The zero-order valence-electron chi connectivity index (χ0n) is 12.3. The van der Waals surface area contributed by atoms with Gasteiger partial charge in [0.25, 0.3) is 5.91 Å². The summed E-state index contributed by atoms with van der Waals surface area (Å²) in [6.45, 7) is 5.01. The Labute approximate surface area is 124 Å². The maximum Gasteiger partial charge on any atom is 0.257 e. The molecule has 1 saturated carbocycles. The molecule has 0 aromatic carbocycles. The molecule has 3 rings (SSSR count). The van der Waals surface area contributed by atoms with E-state index in [0.717, 1.165) is 25.9 Å². The molecule has 21 heavy (non-hydrogen) atoms. The molecule has 2 fully saturated rings. The Morgan fingerprint density at radius 1 is 1.29 bits per heavy atom. The molecule has 2 aliphatic rings. The van der Waals surface area contributed by atoms with Crippen molar-refractivity contribution in [3.8, 4) is 0 Å². The summed E-state index contributed by atoms with van der Waals surface area (Å²) >= 11 is 0. The van der Waals surface area contributed by atoms with Gasteiger partial charge in [0, 0.05) is 32.2 Å². The van der Waals surface area contributed by atoms with Gasteiger partial charge in [-0.1, -0.05) is 0 Å². The van der Waals surface area contributed by atoms with Gasteiger partial charge in [-0.15, -0.1) is 0 Å². The van der Waals surface area contributed by atoms with Crippen LogP contribution in [0.25, 0.3) is 0 Å². The minimum atomic E-state index is 0.0170. The van der Waals surface area contributed by atoms with Gasteiger partial charge in [0.05, 0.1) is 18.4 Å². The lowest BCUT2D eigenvalue weighted by atomic mass is 10.2. The summed E-state index contributed by atoms with van der Waals surface area (Å²) in [5, 5.41) is 2.99. The van der Waals surface area contributed by atoms with Crippen molar-refractivity contribution >= 4 is 11.8 Å². The van der Waals surface area contributed by atoms with Gasteiger partial charge >= 0.3 is 0 Å². The van der Waals surface area contributed by atoms with Crippen LogP contribution in [0, 0.1) is 6.92 Å². The van der Waals surface area contributed by atoms with Crippen molar-refractivity contribution in [2.24, 2.45) is 0 Å². The number of rotatable bonds is 4. The number of hydrogen-bond acceptors (Lipinski definition) is 4. The number of carbonyl (C=O) groups excluding carboxylic acids is 2. The number of furan rings is 1. The molecule has 1 saturated heterocycles. The summed E-state index contributed by atoms with van der Waals surface area (Å²) in [5.74, 6) is 0.775. The van der Waals surface area contributed by atoms with E-state index in [1.165, 1.54) is 0 Å². The van der Waals surface area contributed by atoms with Crippen LogP contribution in [-0.4, -0.2) is 60.4 Å². The van der Waals surface area contributed by atoms with Crippen LogP contribution < -0.4 is 5.32 Å². The minimum Gasteiger partial charge on any atom is -0.469 e. The van der Waals surface area contributed by atoms with E-state index >= 15 is 0 Å². The van der Waals surface area contributed by atoms with E-state index in [4.69, 9.17) is 4.42 Å². The smallest absolute Gasteiger partial charge is 0.257 e. The monoisotopic (exact) mass is 291 g/mol. The highest BCUT2D eigenvalue weighted by Gasteiger charge is 2.27. The molecule has 2 heterocycles. The number of nitrogens with one attached hydrogen (secondary N) is 1. The Bertz CT molecular complexity index is 528. The lowest BCUT2D eigenvalue weighted by Gasteiger charge is -2.34. The highest BCUT2D eigenvalue weighted by molar-refractivity contribution is 5.95. The largest absolute Gasteiger partial charge is 0.469 e. The second kappa shape index (κ2) is 5.89. The SMILES string of the molecule is Cc1occc1C(=O)N1CCN(CC(=O)NC2CC2)CC1. The fourth-order valence-electron chi connectivity index (χ4n) is 2.59. The first-order chi connectivity index (χ1) is 10.1. The van der Waals surface area contributed by atoms with Crippen molar-refractivity contribution in [1.29, 1.82) is 0 Å². The van der Waals surface area contributed by atoms with Crippen LogP contribution in [0.5, 0.6) is 0 Å². The number of nitrogens with zero attached hydrogens (tertiary/aromatic N) is 2. The molecule has 0 unspecified atom stereocenters. The summed E-state index contributed by atoms with van der Waals surface area (Å²) in [5.41, 5.74) is 0.634. The van der Waals surface area contributed by atoms with E-state index in [1.54, 1.807) is 19.3 Å². The second-order valence-electron chi connectivity index (χ2n) is 5.80. The van der Waals surface area contributed by atoms with E-state index in [1.807, 2.05) is 4.90 Å². The summed E-state index contributed by atoms with van der Waals surface area (Å²) in [4.78, 5) is 28.0. The third kappa shape index (κ3) is 3.44. The Morgan fingerprint density at radius 2 is 2.00 bits per heavy atom. The first-order valence-electron chi connectivity index (χ1n) is 7.48. The third-order valence-corrected chi connectivity index (χ3v) is 4.06. The number of hydrogen-bond donors (Lipinski definition) is 1. The molecule has 0 radical (unpaired) electrons. The maximum absolute atomic E-state index is 12.3. The van der Waals surface area contributed by atoms with Crippen molar-refractivity contribution < 1.29 is 14.0 Å². The predicted octanol–water partition coefficient (Wildman–Crippen LogP) is 0.624. The van der Waals surface area contributed by atoms with E-state index in [0.29, 0.717) is 37.0 Å². The summed E-state index contributed by atoms with van der Waals surface area (Å²) < 4.78 is 5.18. The van der Waals surface area contributed by atoms with E-state index in [2.05, 4.69) is 10.2 Å². The predicted molar refractivity (Wildman–Crippen MR) is 77.0 cm³/mol. The van der Waals surface area contributed by atoms with E-state index < -0.39 is 0 Å². The average molecular weight is 291 g/mol. The molecule has 0 atom stereocenters. The van der Waals surface area contributed by atoms with Gasteiger partial charge in [0.15, 0.2) is 0 Å². The molecule has 2 amide bonds. The fourth-order valence-corrected chi connectivity index (χ4v) is 2.59. The standard InChI is InChI=1S/C15H21N3O3/c1-11-13(4-9-21-11)15(20)18-7-5-17(6-8-18)10-14(19)16-12-2-3-12/h4,9,12H,2-3,5-8,10H2,1H3,(H,16,19). The van der Waals surface area contributed by atoms with Gasteiger partial charge in [-0.2, -0.15) is 0 Å². The summed E-state index contributed by atoms with van der Waals surface area (Å²) in [6.07, 6.45) is 3.76. The Morgan fingerprint density at radius 3 is 2.57 bits per heavy atom. The first-order valence-corrected chi connectivity index (χ1v) is 7.48. The van der Waals surface area contributed by atoms with Crippen LogP contribution in [0.15, 0.2) is 16.7 Å². The van der Waals surface area contributed by atoms with Crippen LogP contribution in [0.1, 0.15) is 29.0 Å². The molecule has 1 N–H and O–H groups in total. The van der Waals surface area contributed by atoms with Crippen LogP contribution >= 0.6 is 0 Å². The average Bonchev–Trinajstić information content (AvgIpc) is 3.17. The summed E-state index contributed by atoms with van der Waals surface area (Å²) in [6, 6.07) is 2.12. The lowest BCUT2D eigenvalue weighted by molar-refractivity contribution is -0.122. The van der Waals surface area contributed by atoms with Gasteiger partial charge in [-0.05, 0) is 25.8 Å². The Kier molecular flexibility index (Phi) is 3.96. The maximum atomic E-state index is 12.3. The van der Waals surface area contributed by atoms with Gasteiger partial charge in [-0.3, -0.25) is 14.5 Å². The van der Waals surface area contributed by atoms with E-state index in [-0.39, 0.29) is 11.8 Å². The topological polar surface area (TPSA) is 65.8 Å². The summed E-state index contributed by atoms with van der Waals surface area (Å²) in [7, 11) is 0. The molecule has 6 heteroatoms. The molecule has 1 aromatic rings. The quantitative estimate of drug-likeness (QED) is 0.883.